The van der Waals surface area contributed by atoms with Crippen molar-refractivity contribution in [3.63, 3.8) is 0 Å². The highest BCUT2D eigenvalue weighted by atomic mass is 16.5. The van der Waals surface area contributed by atoms with E-state index in [0.717, 1.165) is 0 Å². The van der Waals surface area contributed by atoms with Gasteiger partial charge in [-0.25, -0.2) is 0 Å². The monoisotopic (exact) mass is 412 g/mol. The molecule has 30 heavy (non-hydrogen) atoms. The first-order chi connectivity index (χ1) is 14.5. The Morgan fingerprint density at radius 1 is 0.900 bits per heavy atom. The fourth-order valence-corrected chi connectivity index (χ4v) is 3.17. The minimum atomic E-state index is -0.443. The highest BCUT2D eigenvalue weighted by molar-refractivity contribution is 5.95. The van der Waals surface area contributed by atoms with Crippen molar-refractivity contribution in [2.75, 3.05) is 39.9 Å². The zero-order chi connectivity index (χ0) is 21.5. The number of hydrogen-bond acceptors (Lipinski definition) is 6. The van der Waals surface area contributed by atoms with Gasteiger partial charge in [0.2, 0.25) is 0 Å². The molecule has 0 aromatic heterocycles. The van der Waals surface area contributed by atoms with Crippen LogP contribution < -0.4 is 14.2 Å². The quantitative estimate of drug-likeness (QED) is 0.533. The molecule has 0 bridgehead atoms. The predicted molar refractivity (Wildman–Crippen MR) is 109 cm³/mol. The maximum Gasteiger partial charge on any atom is 0.308 e. The van der Waals surface area contributed by atoms with Crippen LogP contribution in [0.25, 0.3) is 0 Å². The molecule has 0 radical (unpaired) electrons. The van der Waals surface area contributed by atoms with E-state index in [9.17, 15) is 14.4 Å². The summed E-state index contributed by atoms with van der Waals surface area (Å²) in [6.07, 6.45) is 0. The highest BCUT2D eigenvalue weighted by Gasteiger charge is 2.25. The van der Waals surface area contributed by atoms with Crippen molar-refractivity contribution in [3.8, 4) is 17.2 Å². The molecule has 1 fully saturated rings. The molecule has 1 aliphatic rings. The second kappa shape index (κ2) is 9.78. The molecule has 3 rings (SSSR count). The van der Waals surface area contributed by atoms with Gasteiger partial charge in [-0.05, 0) is 30.3 Å². The molecule has 0 aliphatic carbocycles. The molecule has 1 aliphatic heterocycles. The lowest BCUT2D eigenvalue weighted by atomic mass is 10.1. The molecular formula is C22H24N2O6. The number of esters is 1. The summed E-state index contributed by atoms with van der Waals surface area (Å²) in [5, 5.41) is 0. The van der Waals surface area contributed by atoms with E-state index in [0.29, 0.717) is 49.0 Å². The second-order valence-corrected chi connectivity index (χ2v) is 6.73. The van der Waals surface area contributed by atoms with E-state index in [2.05, 4.69) is 0 Å². The standard InChI is InChI=1S/C22H24N2O6/c1-16(25)30-18-7-5-6-17(14-18)22(27)24-12-10-23(11-13-24)21(26)15-29-20-9-4-3-8-19(20)28-2/h3-9,14H,10-13,15H2,1-2H3. The van der Waals surface area contributed by atoms with Crippen molar-refractivity contribution in [1.82, 2.24) is 9.80 Å². The number of hydrogen-bond donors (Lipinski definition) is 0. The Hall–Kier alpha value is -3.55. The SMILES string of the molecule is COc1ccccc1OCC(=O)N1CCN(C(=O)c2cccc(OC(C)=O)c2)CC1. The van der Waals surface area contributed by atoms with Crippen molar-refractivity contribution in [1.29, 1.82) is 0 Å². The topological polar surface area (TPSA) is 85.4 Å². The van der Waals surface area contributed by atoms with E-state index < -0.39 is 5.97 Å². The second-order valence-electron chi connectivity index (χ2n) is 6.73. The molecule has 0 atom stereocenters. The first kappa shape index (κ1) is 21.2. The third-order valence-corrected chi connectivity index (χ3v) is 4.68. The van der Waals surface area contributed by atoms with E-state index in [1.165, 1.54) is 6.92 Å². The molecular weight excluding hydrogens is 388 g/mol. The molecule has 0 saturated carbocycles. The highest BCUT2D eigenvalue weighted by Crippen LogP contribution is 2.25. The molecule has 2 aromatic rings. The van der Waals surface area contributed by atoms with E-state index in [4.69, 9.17) is 14.2 Å². The number of nitrogens with zero attached hydrogens (tertiary/aromatic N) is 2. The third-order valence-electron chi connectivity index (χ3n) is 4.68. The van der Waals surface area contributed by atoms with E-state index in [1.54, 1.807) is 53.3 Å². The number of rotatable bonds is 6. The minimum absolute atomic E-state index is 0.0985. The normalized spacial score (nSPS) is 13.5. The molecule has 2 aromatic carbocycles. The number of carbonyl (C=O) groups excluding carboxylic acids is 3. The molecule has 0 spiro atoms. The summed E-state index contributed by atoms with van der Waals surface area (Å²) in [6.45, 7) is 2.88. The van der Waals surface area contributed by atoms with Crippen LogP contribution in [0.3, 0.4) is 0 Å². The summed E-state index contributed by atoms with van der Waals surface area (Å²) in [6, 6.07) is 13.6. The van der Waals surface area contributed by atoms with Crippen LogP contribution in [0.2, 0.25) is 0 Å². The van der Waals surface area contributed by atoms with Gasteiger partial charge >= 0.3 is 5.97 Å². The molecule has 0 N–H and O–H groups in total. The molecule has 1 heterocycles. The minimum Gasteiger partial charge on any atom is -0.493 e. The maximum absolute atomic E-state index is 12.7. The first-order valence-corrected chi connectivity index (χ1v) is 9.59. The zero-order valence-electron chi connectivity index (χ0n) is 17.0. The van der Waals surface area contributed by atoms with Crippen molar-refractivity contribution in [2.45, 2.75) is 6.92 Å². The van der Waals surface area contributed by atoms with Crippen LogP contribution in [0, 0.1) is 0 Å². The van der Waals surface area contributed by atoms with Crippen molar-refractivity contribution in [2.24, 2.45) is 0 Å². The lowest BCUT2D eigenvalue weighted by Crippen LogP contribution is -2.51. The van der Waals surface area contributed by atoms with Crippen LogP contribution in [-0.4, -0.2) is 67.5 Å². The Kier molecular flexibility index (Phi) is 6.90. The zero-order valence-corrected chi connectivity index (χ0v) is 17.0. The molecule has 2 amide bonds. The van der Waals surface area contributed by atoms with Crippen LogP contribution in [0.4, 0.5) is 0 Å². The smallest absolute Gasteiger partial charge is 0.308 e. The van der Waals surface area contributed by atoms with Crippen LogP contribution in [-0.2, 0) is 9.59 Å². The molecule has 1 saturated heterocycles. The van der Waals surface area contributed by atoms with Gasteiger partial charge in [-0.15, -0.1) is 0 Å². The van der Waals surface area contributed by atoms with E-state index in [-0.39, 0.29) is 18.4 Å². The van der Waals surface area contributed by atoms with Gasteiger partial charge in [-0.1, -0.05) is 18.2 Å². The Balaban J connectivity index is 1.52. The van der Waals surface area contributed by atoms with Gasteiger partial charge in [0, 0.05) is 38.7 Å². The largest absolute Gasteiger partial charge is 0.493 e. The Morgan fingerprint density at radius 3 is 2.23 bits per heavy atom. The van der Waals surface area contributed by atoms with Crippen LogP contribution in [0.5, 0.6) is 17.2 Å². The summed E-state index contributed by atoms with van der Waals surface area (Å²) >= 11 is 0. The number of para-hydroxylation sites is 2. The molecule has 0 unspecified atom stereocenters. The molecule has 158 valence electrons. The fourth-order valence-electron chi connectivity index (χ4n) is 3.17. The third kappa shape index (κ3) is 5.28. The van der Waals surface area contributed by atoms with Gasteiger partial charge in [0.1, 0.15) is 5.75 Å². The van der Waals surface area contributed by atoms with Crippen LogP contribution in [0.15, 0.2) is 48.5 Å². The van der Waals surface area contributed by atoms with Crippen molar-refractivity contribution >= 4 is 17.8 Å². The Bertz CT molecular complexity index is 921. The summed E-state index contributed by atoms with van der Waals surface area (Å²) in [4.78, 5) is 39.7. The van der Waals surface area contributed by atoms with Gasteiger partial charge in [0.15, 0.2) is 18.1 Å². The Labute approximate surface area is 174 Å². The van der Waals surface area contributed by atoms with Gasteiger partial charge in [-0.3, -0.25) is 14.4 Å². The average Bonchev–Trinajstić information content (AvgIpc) is 2.77. The van der Waals surface area contributed by atoms with Crippen LogP contribution >= 0.6 is 0 Å². The summed E-state index contributed by atoms with van der Waals surface area (Å²) in [5.41, 5.74) is 0.438. The van der Waals surface area contributed by atoms with Crippen molar-refractivity contribution in [3.05, 3.63) is 54.1 Å². The first-order valence-electron chi connectivity index (χ1n) is 9.59. The van der Waals surface area contributed by atoms with Gasteiger partial charge < -0.3 is 24.0 Å². The van der Waals surface area contributed by atoms with Gasteiger partial charge in [-0.2, -0.15) is 0 Å². The molecule has 8 nitrogen and oxygen atoms in total. The summed E-state index contributed by atoms with van der Waals surface area (Å²) in [5.74, 6) is 0.649. The molecule has 8 heteroatoms. The lowest BCUT2D eigenvalue weighted by molar-refractivity contribution is -0.135. The number of methoxy groups -OCH3 is 1. The summed E-state index contributed by atoms with van der Waals surface area (Å²) in [7, 11) is 1.54. The number of benzene rings is 2. The maximum atomic E-state index is 12.7. The van der Waals surface area contributed by atoms with E-state index in [1.807, 2.05) is 12.1 Å². The number of ether oxygens (including phenoxy) is 3. The number of amides is 2. The Morgan fingerprint density at radius 2 is 1.57 bits per heavy atom. The lowest BCUT2D eigenvalue weighted by Gasteiger charge is -2.34. The number of piperazine rings is 1. The van der Waals surface area contributed by atoms with Crippen LogP contribution in [0.1, 0.15) is 17.3 Å². The van der Waals surface area contributed by atoms with Gasteiger partial charge in [0.05, 0.1) is 7.11 Å². The summed E-state index contributed by atoms with van der Waals surface area (Å²) < 4.78 is 15.8. The van der Waals surface area contributed by atoms with E-state index >= 15 is 0 Å². The average molecular weight is 412 g/mol. The van der Waals surface area contributed by atoms with Gasteiger partial charge in [0.25, 0.3) is 11.8 Å². The van der Waals surface area contributed by atoms with Crippen molar-refractivity contribution < 1.29 is 28.6 Å². The fraction of sp³-hybridized carbons (Fsp3) is 0.318. The number of carbonyl (C=O) groups is 3. The predicted octanol–water partition coefficient (Wildman–Crippen LogP) is 1.98.